The number of rotatable bonds is 4. The van der Waals surface area contributed by atoms with Crippen LogP contribution in [0.15, 0.2) is 36.4 Å². The van der Waals surface area contributed by atoms with Gasteiger partial charge < -0.3 is 10.5 Å². The number of ether oxygens (including phenoxy) is 1. The molecule has 0 saturated carbocycles. The molecule has 3 rings (SSSR count). The van der Waals surface area contributed by atoms with Crippen LogP contribution in [0.3, 0.4) is 0 Å². The average molecular weight is 296 g/mol. The number of nitrogen functional groups attached to an aromatic ring is 1. The third-order valence-corrected chi connectivity index (χ3v) is 3.45. The van der Waals surface area contributed by atoms with Crippen LogP contribution < -0.4 is 10.5 Å². The van der Waals surface area contributed by atoms with E-state index in [4.69, 9.17) is 10.5 Å². The minimum Gasteiger partial charge on any atom is -0.489 e. The lowest BCUT2D eigenvalue weighted by Gasteiger charge is -2.11. The third-order valence-electron chi connectivity index (χ3n) is 3.45. The first-order valence-electron chi connectivity index (χ1n) is 7.49. The first-order valence-corrected chi connectivity index (χ1v) is 7.49. The Hall–Kier alpha value is -2.56. The molecule has 22 heavy (non-hydrogen) atoms. The monoisotopic (exact) mass is 296 g/mol. The molecule has 0 fully saturated rings. The highest BCUT2D eigenvalue weighted by atomic mass is 16.5. The maximum atomic E-state index is 6.02. The van der Waals surface area contributed by atoms with Gasteiger partial charge in [-0.2, -0.15) is 4.80 Å². The number of nitrogens with zero attached hydrogens (tertiary/aromatic N) is 3. The number of aromatic nitrogens is 3. The summed E-state index contributed by atoms with van der Waals surface area (Å²) < 4.78 is 5.70. The Morgan fingerprint density at radius 2 is 1.73 bits per heavy atom. The second-order valence-electron chi connectivity index (χ2n) is 5.55. The van der Waals surface area contributed by atoms with Crippen molar-refractivity contribution >= 4 is 16.7 Å². The Morgan fingerprint density at radius 1 is 1.09 bits per heavy atom. The molecule has 0 aliphatic carbocycles. The number of benzene rings is 2. The van der Waals surface area contributed by atoms with Crippen LogP contribution in [-0.2, 0) is 6.42 Å². The van der Waals surface area contributed by atoms with Crippen LogP contribution in [0, 0.1) is 0 Å². The van der Waals surface area contributed by atoms with Gasteiger partial charge in [-0.3, -0.25) is 0 Å². The topological polar surface area (TPSA) is 66.0 Å². The minimum atomic E-state index is 0.0661. The van der Waals surface area contributed by atoms with Gasteiger partial charge in [0.25, 0.3) is 0 Å². The Labute approximate surface area is 129 Å². The van der Waals surface area contributed by atoms with Crippen LogP contribution >= 0.6 is 0 Å². The first kappa shape index (κ1) is 14.4. The zero-order valence-electron chi connectivity index (χ0n) is 13.1. The first-order chi connectivity index (χ1) is 10.6. The van der Waals surface area contributed by atoms with Crippen molar-refractivity contribution in [3.8, 4) is 11.4 Å². The highest BCUT2D eigenvalue weighted by Crippen LogP contribution is 2.27. The van der Waals surface area contributed by atoms with Crippen LogP contribution in [0.4, 0.5) is 5.69 Å². The van der Waals surface area contributed by atoms with Gasteiger partial charge in [-0.05, 0) is 44.0 Å². The summed E-state index contributed by atoms with van der Waals surface area (Å²) in [5.41, 5.74) is 10.3. The quantitative estimate of drug-likeness (QED) is 0.750. The van der Waals surface area contributed by atoms with Crippen molar-refractivity contribution in [3.05, 3.63) is 42.0 Å². The van der Waals surface area contributed by atoms with E-state index in [0.29, 0.717) is 11.4 Å². The van der Waals surface area contributed by atoms with Crippen molar-refractivity contribution in [1.82, 2.24) is 15.0 Å². The van der Waals surface area contributed by atoms with Crippen molar-refractivity contribution in [2.75, 3.05) is 5.73 Å². The van der Waals surface area contributed by atoms with E-state index in [1.165, 1.54) is 5.56 Å². The molecule has 3 aromatic rings. The van der Waals surface area contributed by atoms with Gasteiger partial charge in [-0.15, -0.1) is 10.2 Å². The summed E-state index contributed by atoms with van der Waals surface area (Å²) in [7, 11) is 0. The smallest absolute Gasteiger partial charge is 0.144 e. The fourth-order valence-electron chi connectivity index (χ4n) is 2.30. The molecule has 0 unspecified atom stereocenters. The van der Waals surface area contributed by atoms with E-state index >= 15 is 0 Å². The molecule has 0 atom stereocenters. The number of nitrogens with two attached hydrogens (primary N) is 1. The number of hydrogen-bond acceptors (Lipinski definition) is 4. The highest BCUT2D eigenvalue weighted by molar-refractivity contribution is 5.81. The van der Waals surface area contributed by atoms with E-state index < -0.39 is 0 Å². The van der Waals surface area contributed by atoms with Crippen LogP contribution in [0.25, 0.3) is 16.7 Å². The molecule has 0 amide bonds. The van der Waals surface area contributed by atoms with E-state index in [1.807, 2.05) is 32.0 Å². The van der Waals surface area contributed by atoms with Gasteiger partial charge in [0.1, 0.15) is 16.8 Å². The second-order valence-corrected chi connectivity index (χ2v) is 5.55. The predicted octanol–water partition coefficient (Wildman–Crippen LogP) is 3.35. The maximum Gasteiger partial charge on any atom is 0.144 e. The molecule has 114 valence electrons. The number of hydrogen-bond donors (Lipinski definition) is 1. The molecule has 0 aliphatic heterocycles. The average Bonchev–Trinajstić information content (AvgIpc) is 2.90. The molecule has 2 N–H and O–H groups in total. The fourth-order valence-corrected chi connectivity index (χ4v) is 2.30. The SMILES string of the molecule is CCc1ccc(-n2nc3cc(N)c(OC(C)C)cc3n2)cc1. The van der Waals surface area contributed by atoms with E-state index in [1.54, 1.807) is 10.9 Å². The molecule has 0 saturated heterocycles. The van der Waals surface area contributed by atoms with Crippen LogP contribution in [0.5, 0.6) is 5.75 Å². The van der Waals surface area contributed by atoms with Crippen molar-refractivity contribution in [3.63, 3.8) is 0 Å². The number of fused-ring (bicyclic) bond motifs is 1. The van der Waals surface area contributed by atoms with Crippen molar-refractivity contribution < 1.29 is 4.74 Å². The molecule has 5 nitrogen and oxygen atoms in total. The summed E-state index contributed by atoms with van der Waals surface area (Å²) in [6.45, 7) is 6.07. The minimum absolute atomic E-state index is 0.0661. The molecule has 0 radical (unpaired) electrons. The Morgan fingerprint density at radius 3 is 2.32 bits per heavy atom. The van der Waals surface area contributed by atoms with Gasteiger partial charge in [0.05, 0.1) is 17.5 Å². The molecule has 0 spiro atoms. The largest absolute Gasteiger partial charge is 0.489 e. The van der Waals surface area contributed by atoms with Gasteiger partial charge in [-0.1, -0.05) is 19.1 Å². The lowest BCUT2D eigenvalue weighted by Crippen LogP contribution is -2.07. The molecular formula is C17H20N4O. The van der Waals surface area contributed by atoms with Crippen molar-refractivity contribution in [2.24, 2.45) is 0 Å². The fraction of sp³-hybridized carbons (Fsp3) is 0.294. The summed E-state index contributed by atoms with van der Waals surface area (Å²) in [6.07, 6.45) is 1.08. The standard InChI is InChI=1S/C17H20N4O/c1-4-12-5-7-13(8-6-12)21-19-15-9-14(18)17(22-11(2)3)10-16(15)20-21/h5-11H,4,18H2,1-3H3. The van der Waals surface area contributed by atoms with E-state index in [2.05, 4.69) is 29.3 Å². The Bertz CT molecular complexity index is 790. The molecule has 5 heteroatoms. The van der Waals surface area contributed by atoms with E-state index in [0.717, 1.165) is 23.1 Å². The molecule has 0 aliphatic rings. The molecule has 2 aromatic carbocycles. The summed E-state index contributed by atoms with van der Waals surface area (Å²) in [4.78, 5) is 1.63. The maximum absolute atomic E-state index is 6.02. The number of anilines is 1. The second kappa shape index (κ2) is 5.67. The lowest BCUT2D eigenvalue weighted by molar-refractivity contribution is 0.244. The Balaban J connectivity index is 2.01. The van der Waals surface area contributed by atoms with Crippen LogP contribution in [0.1, 0.15) is 26.3 Å². The molecule has 0 bridgehead atoms. The van der Waals surface area contributed by atoms with Crippen molar-refractivity contribution in [1.29, 1.82) is 0 Å². The zero-order valence-corrected chi connectivity index (χ0v) is 13.1. The Kier molecular flexibility index (Phi) is 3.71. The third kappa shape index (κ3) is 2.74. The van der Waals surface area contributed by atoms with Gasteiger partial charge >= 0.3 is 0 Å². The van der Waals surface area contributed by atoms with Gasteiger partial charge in [0.2, 0.25) is 0 Å². The molecule has 1 aromatic heterocycles. The number of aryl methyl sites for hydroxylation is 1. The molecule has 1 heterocycles. The summed E-state index contributed by atoms with van der Waals surface area (Å²) in [5.74, 6) is 0.649. The van der Waals surface area contributed by atoms with Gasteiger partial charge in [0.15, 0.2) is 0 Å². The van der Waals surface area contributed by atoms with E-state index in [9.17, 15) is 0 Å². The van der Waals surface area contributed by atoms with Crippen LogP contribution in [0.2, 0.25) is 0 Å². The molecular weight excluding hydrogens is 276 g/mol. The van der Waals surface area contributed by atoms with Crippen LogP contribution in [-0.4, -0.2) is 21.1 Å². The summed E-state index contributed by atoms with van der Waals surface area (Å²) >= 11 is 0. The van der Waals surface area contributed by atoms with E-state index in [-0.39, 0.29) is 6.10 Å². The lowest BCUT2D eigenvalue weighted by atomic mass is 10.2. The summed E-state index contributed by atoms with van der Waals surface area (Å²) in [5, 5.41) is 9.01. The predicted molar refractivity (Wildman–Crippen MR) is 88.4 cm³/mol. The van der Waals surface area contributed by atoms with Gasteiger partial charge in [-0.25, -0.2) is 0 Å². The highest BCUT2D eigenvalue weighted by Gasteiger charge is 2.10. The normalized spacial score (nSPS) is 11.3. The zero-order chi connectivity index (χ0) is 15.7. The van der Waals surface area contributed by atoms with Crippen molar-refractivity contribution in [2.45, 2.75) is 33.3 Å². The van der Waals surface area contributed by atoms with Gasteiger partial charge in [0, 0.05) is 6.07 Å². The summed E-state index contributed by atoms with van der Waals surface area (Å²) in [6, 6.07) is 11.9.